The van der Waals surface area contributed by atoms with E-state index in [2.05, 4.69) is 6.58 Å². The highest BCUT2D eigenvalue weighted by atomic mass is 16.3. The summed E-state index contributed by atoms with van der Waals surface area (Å²) in [5.74, 6) is -0.102. The van der Waals surface area contributed by atoms with Gasteiger partial charge in [0.2, 0.25) is 5.91 Å². The van der Waals surface area contributed by atoms with E-state index in [-0.39, 0.29) is 12.3 Å². The van der Waals surface area contributed by atoms with Gasteiger partial charge < -0.3 is 10.0 Å². The normalized spacial score (nSPS) is 15.3. The predicted molar refractivity (Wildman–Crippen MR) is 44.1 cm³/mol. The average Bonchev–Trinajstić information content (AvgIpc) is 1.87. The summed E-state index contributed by atoms with van der Waals surface area (Å²) in [6, 6.07) is 0. The average molecular weight is 157 g/mol. The highest BCUT2D eigenvalue weighted by molar-refractivity contribution is 5.76. The first-order valence-corrected chi connectivity index (χ1v) is 3.45. The Morgan fingerprint density at radius 3 is 2.45 bits per heavy atom. The molecular weight excluding hydrogens is 142 g/mol. The van der Waals surface area contributed by atoms with Gasteiger partial charge in [-0.2, -0.15) is 0 Å². The van der Waals surface area contributed by atoms with E-state index in [1.807, 2.05) is 0 Å². The number of carbonyl (C=O) groups is 1. The molecule has 1 atom stereocenters. The number of aliphatic hydroxyl groups is 1. The summed E-state index contributed by atoms with van der Waals surface area (Å²) >= 11 is 0. The van der Waals surface area contributed by atoms with Crippen LogP contribution in [0.3, 0.4) is 0 Å². The van der Waals surface area contributed by atoms with Crippen LogP contribution in [0.5, 0.6) is 0 Å². The fourth-order valence-electron chi connectivity index (χ4n) is 0.536. The maximum atomic E-state index is 11.0. The third kappa shape index (κ3) is 3.78. The Morgan fingerprint density at radius 2 is 2.18 bits per heavy atom. The number of rotatable bonds is 3. The van der Waals surface area contributed by atoms with Gasteiger partial charge in [-0.25, -0.2) is 0 Å². The molecule has 3 nitrogen and oxygen atoms in total. The second-order valence-corrected chi connectivity index (χ2v) is 3.03. The molecule has 0 fully saturated rings. The summed E-state index contributed by atoms with van der Waals surface area (Å²) < 4.78 is 0. The van der Waals surface area contributed by atoms with Crippen molar-refractivity contribution in [3.8, 4) is 0 Å². The Hall–Kier alpha value is -0.830. The van der Waals surface area contributed by atoms with Crippen molar-refractivity contribution >= 4 is 5.91 Å². The number of carbonyl (C=O) groups excluding carboxylic acids is 1. The third-order valence-electron chi connectivity index (χ3n) is 1.45. The highest BCUT2D eigenvalue weighted by Gasteiger charge is 2.20. The van der Waals surface area contributed by atoms with Crippen LogP contribution in [0, 0.1) is 0 Å². The molecule has 3 heteroatoms. The molecule has 0 bridgehead atoms. The molecule has 0 aliphatic rings. The summed E-state index contributed by atoms with van der Waals surface area (Å²) in [6.07, 6.45) is 1.46. The van der Waals surface area contributed by atoms with Crippen LogP contribution >= 0.6 is 0 Å². The van der Waals surface area contributed by atoms with Gasteiger partial charge in [0, 0.05) is 14.1 Å². The summed E-state index contributed by atoms with van der Waals surface area (Å²) in [5.41, 5.74) is -1.08. The maximum Gasteiger partial charge on any atom is 0.225 e. The Morgan fingerprint density at radius 1 is 1.73 bits per heavy atom. The van der Waals surface area contributed by atoms with E-state index in [9.17, 15) is 9.90 Å². The largest absolute Gasteiger partial charge is 0.386 e. The summed E-state index contributed by atoms with van der Waals surface area (Å²) in [6.45, 7) is 4.98. The lowest BCUT2D eigenvalue weighted by molar-refractivity contribution is -0.131. The predicted octanol–water partition coefficient (Wildman–Crippen LogP) is 0.402. The van der Waals surface area contributed by atoms with E-state index in [1.54, 1.807) is 21.0 Å². The Balaban J connectivity index is 4.04. The zero-order chi connectivity index (χ0) is 9.07. The quantitative estimate of drug-likeness (QED) is 0.602. The van der Waals surface area contributed by atoms with E-state index < -0.39 is 5.60 Å². The van der Waals surface area contributed by atoms with E-state index in [1.165, 1.54) is 11.0 Å². The van der Waals surface area contributed by atoms with Crippen molar-refractivity contribution < 1.29 is 9.90 Å². The van der Waals surface area contributed by atoms with Crippen molar-refractivity contribution in [2.45, 2.75) is 18.9 Å². The lowest BCUT2D eigenvalue weighted by Gasteiger charge is -2.20. The molecule has 0 aromatic carbocycles. The second kappa shape index (κ2) is 3.53. The van der Waals surface area contributed by atoms with Crippen molar-refractivity contribution in [3.05, 3.63) is 12.7 Å². The van der Waals surface area contributed by atoms with Crippen molar-refractivity contribution in [1.29, 1.82) is 0 Å². The zero-order valence-electron chi connectivity index (χ0n) is 7.29. The molecule has 1 unspecified atom stereocenters. The van der Waals surface area contributed by atoms with Gasteiger partial charge in [0.15, 0.2) is 0 Å². The highest BCUT2D eigenvalue weighted by Crippen LogP contribution is 2.10. The van der Waals surface area contributed by atoms with E-state index in [4.69, 9.17) is 0 Å². The van der Waals surface area contributed by atoms with Gasteiger partial charge in [-0.1, -0.05) is 6.08 Å². The summed E-state index contributed by atoms with van der Waals surface area (Å²) in [7, 11) is 3.31. The third-order valence-corrected chi connectivity index (χ3v) is 1.45. The minimum Gasteiger partial charge on any atom is -0.386 e. The molecule has 0 aromatic heterocycles. The van der Waals surface area contributed by atoms with E-state index in [0.717, 1.165) is 0 Å². The topological polar surface area (TPSA) is 40.5 Å². The molecule has 0 aliphatic carbocycles. The van der Waals surface area contributed by atoms with Gasteiger partial charge in [0.05, 0.1) is 12.0 Å². The van der Waals surface area contributed by atoms with Gasteiger partial charge in [-0.15, -0.1) is 6.58 Å². The molecule has 0 saturated carbocycles. The maximum absolute atomic E-state index is 11.0. The van der Waals surface area contributed by atoms with Gasteiger partial charge in [0.25, 0.3) is 0 Å². The molecular formula is C8H15NO2. The molecule has 0 saturated heterocycles. The van der Waals surface area contributed by atoms with E-state index in [0.29, 0.717) is 0 Å². The van der Waals surface area contributed by atoms with Crippen LogP contribution in [0.4, 0.5) is 0 Å². The molecule has 0 aromatic rings. The van der Waals surface area contributed by atoms with Crippen LogP contribution in [0.25, 0.3) is 0 Å². The van der Waals surface area contributed by atoms with Crippen LogP contribution in [0.1, 0.15) is 13.3 Å². The van der Waals surface area contributed by atoms with Crippen LogP contribution in [0.15, 0.2) is 12.7 Å². The molecule has 0 spiro atoms. The minimum atomic E-state index is -1.08. The summed E-state index contributed by atoms with van der Waals surface area (Å²) in [5, 5.41) is 9.38. The Bertz CT molecular complexity index is 161. The SMILES string of the molecule is C=CC(C)(O)CC(=O)N(C)C. The van der Waals surface area contributed by atoms with Crippen molar-refractivity contribution in [3.63, 3.8) is 0 Å². The summed E-state index contributed by atoms with van der Waals surface area (Å²) in [4.78, 5) is 12.5. The molecule has 0 radical (unpaired) electrons. The monoisotopic (exact) mass is 157 g/mol. The van der Waals surface area contributed by atoms with Crippen LogP contribution in [-0.4, -0.2) is 35.6 Å². The van der Waals surface area contributed by atoms with Crippen LogP contribution in [0.2, 0.25) is 0 Å². The molecule has 1 N–H and O–H groups in total. The number of amides is 1. The fourth-order valence-corrected chi connectivity index (χ4v) is 0.536. The molecule has 64 valence electrons. The van der Waals surface area contributed by atoms with Crippen molar-refractivity contribution in [2.75, 3.05) is 14.1 Å². The fraction of sp³-hybridized carbons (Fsp3) is 0.625. The van der Waals surface area contributed by atoms with E-state index >= 15 is 0 Å². The first kappa shape index (κ1) is 10.2. The second-order valence-electron chi connectivity index (χ2n) is 3.03. The van der Waals surface area contributed by atoms with Gasteiger partial charge in [-0.05, 0) is 6.92 Å². The van der Waals surface area contributed by atoms with Gasteiger partial charge in [-0.3, -0.25) is 4.79 Å². The van der Waals surface area contributed by atoms with Gasteiger partial charge in [0.1, 0.15) is 0 Å². The van der Waals surface area contributed by atoms with Crippen molar-refractivity contribution in [1.82, 2.24) is 4.90 Å². The number of nitrogens with zero attached hydrogens (tertiary/aromatic N) is 1. The van der Waals surface area contributed by atoms with Crippen LogP contribution in [-0.2, 0) is 4.79 Å². The molecule has 0 heterocycles. The minimum absolute atomic E-state index is 0.0868. The number of hydrogen-bond donors (Lipinski definition) is 1. The standard InChI is InChI=1S/C8H15NO2/c1-5-8(2,11)6-7(10)9(3)4/h5,11H,1,6H2,2-4H3. The van der Waals surface area contributed by atoms with Crippen molar-refractivity contribution in [2.24, 2.45) is 0 Å². The lowest BCUT2D eigenvalue weighted by Crippen LogP contribution is -2.32. The first-order chi connectivity index (χ1) is 4.89. The molecule has 0 rings (SSSR count). The van der Waals surface area contributed by atoms with Crippen LogP contribution < -0.4 is 0 Å². The molecule has 1 amide bonds. The Labute approximate surface area is 67.3 Å². The number of hydrogen-bond acceptors (Lipinski definition) is 2. The Kier molecular flexibility index (Phi) is 3.26. The molecule has 11 heavy (non-hydrogen) atoms. The molecule has 0 aliphatic heterocycles. The van der Waals surface area contributed by atoms with Gasteiger partial charge >= 0.3 is 0 Å². The zero-order valence-corrected chi connectivity index (χ0v) is 7.29. The first-order valence-electron chi connectivity index (χ1n) is 3.45. The smallest absolute Gasteiger partial charge is 0.225 e. The lowest BCUT2D eigenvalue weighted by atomic mass is 10.0.